The lowest BCUT2D eigenvalue weighted by Crippen LogP contribution is -2.55. The minimum atomic E-state index is -0.866. The van der Waals surface area contributed by atoms with Crippen molar-refractivity contribution in [3.63, 3.8) is 0 Å². The van der Waals surface area contributed by atoms with E-state index in [2.05, 4.69) is 5.32 Å². The first-order valence-corrected chi connectivity index (χ1v) is 12.3. The van der Waals surface area contributed by atoms with E-state index in [0.717, 1.165) is 27.4 Å². The molecule has 8 heteroatoms. The third kappa shape index (κ3) is 4.04. The normalized spacial score (nSPS) is 17.4. The maximum Gasteiger partial charge on any atom is 0.262 e. The fourth-order valence-electron chi connectivity index (χ4n) is 4.73. The van der Waals surface area contributed by atoms with Crippen molar-refractivity contribution in [1.29, 1.82) is 0 Å². The van der Waals surface area contributed by atoms with Gasteiger partial charge in [-0.3, -0.25) is 14.5 Å². The van der Waals surface area contributed by atoms with Gasteiger partial charge in [-0.2, -0.15) is 5.10 Å². The lowest BCUT2D eigenvalue weighted by Gasteiger charge is -2.38. The molecular weight excluding hydrogens is 463 g/mol. The van der Waals surface area contributed by atoms with Crippen molar-refractivity contribution in [2.75, 3.05) is 11.4 Å². The predicted molar refractivity (Wildman–Crippen MR) is 135 cm³/mol. The Morgan fingerprint density at radius 3 is 2.40 bits per heavy atom. The van der Waals surface area contributed by atoms with Crippen LogP contribution in [0.3, 0.4) is 0 Å². The number of benzene rings is 2. The van der Waals surface area contributed by atoms with Crippen LogP contribution < -0.4 is 10.2 Å². The Balaban J connectivity index is 1.69. The lowest BCUT2D eigenvalue weighted by atomic mass is 9.81. The number of likely N-dealkylation sites (N-methyl/N-ethyl adjacent to an activating group) is 1. The quantitative estimate of drug-likeness (QED) is 0.431. The molecule has 4 aromatic rings. The van der Waals surface area contributed by atoms with Gasteiger partial charge in [0.1, 0.15) is 17.7 Å². The maximum absolute atomic E-state index is 13.9. The summed E-state index contributed by atoms with van der Waals surface area (Å²) in [5.74, 6) is -0.747. The van der Waals surface area contributed by atoms with Gasteiger partial charge in [-0.25, -0.2) is 9.07 Å². The molecule has 0 spiro atoms. The summed E-state index contributed by atoms with van der Waals surface area (Å²) in [6.45, 7) is 6.14. The van der Waals surface area contributed by atoms with Gasteiger partial charge in [0.15, 0.2) is 0 Å². The minimum absolute atomic E-state index is 0.229. The summed E-state index contributed by atoms with van der Waals surface area (Å²) in [5.41, 5.74) is 3.16. The molecule has 1 N–H and O–H groups in total. The summed E-state index contributed by atoms with van der Waals surface area (Å²) in [6.07, 6.45) is 0. The molecular formula is C27H25FN4O2S. The number of anilines is 1. The molecule has 35 heavy (non-hydrogen) atoms. The zero-order valence-electron chi connectivity index (χ0n) is 19.7. The molecule has 2 atom stereocenters. The molecule has 1 aliphatic heterocycles. The Morgan fingerprint density at radius 2 is 1.77 bits per heavy atom. The summed E-state index contributed by atoms with van der Waals surface area (Å²) in [6, 6.07) is 18.5. The molecule has 0 bridgehead atoms. The Bertz CT molecular complexity index is 1390. The number of para-hydroxylation sites is 1. The van der Waals surface area contributed by atoms with E-state index < -0.39 is 12.0 Å². The van der Waals surface area contributed by atoms with Crippen LogP contribution in [-0.2, 0) is 4.79 Å². The highest BCUT2D eigenvalue weighted by atomic mass is 32.1. The number of aryl methyl sites for hydroxylation is 2. The zero-order chi connectivity index (χ0) is 24.7. The molecule has 0 aliphatic carbocycles. The molecule has 2 amide bonds. The van der Waals surface area contributed by atoms with E-state index >= 15 is 0 Å². The molecule has 0 saturated carbocycles. The van der Waals surface area contributed by atoms with Gasteiger partial charge in [0.05, 0.1) is 16.3 Å². The van der Waals surface area contributed by atoms with Gasteiger partial charge in [0, 0.05) is 22.9 Å². The van der Waals surface area contributed by atoms with Crippen molar-refractivity contribution in [2.24, 2.45) is 0 Å². The van der Waals surface area contributed by atoms with E-state index in [1.54, 1.807) is 27.8 Å². The van der Waals surface area contributed by atoms with Gasteiger partial charge in [-0.1, -0.05) is 30.3 Å². The first-order valence-electron chi connectivity index (χ1n) is 11.5. The summed E-state index contributed by atoms with van der Waals surface area (Å²) < 4.78 is 15.6. The SMILES string of the molecule is CCN1C(=O)[C@H](NC(=O)c2ccc(C)s2)[C@@H](c2ccc(F)cc2)c2c(C)nn(-c3ccccc3)c21. The second-order valence-electron chi connectivity index (χ2n) is 8.54. The third-order valence-electron chi connectivity index (χ3n) is 6.31. The van der Waals surface area contributed by atoms with Crippen LogP contribution in [0, 0.1) is 19.7 Å². The van der Waals surface area contributed by atoms with Crippen molar-refractivity contribution in [2.45, 2.75) is 32.7 Å². The Kier molecular flexibility index (Phi) is 5.98. The number of carbonyl (C=O) groups excluding carboxylic acids is 2. The number of halogens is 1. The van der Waals surface area contributed by atoms with Gasteiger partial charge in [0.25, 0.3) is 11.8 Å². The highest BCUT2D eigenvalue weighted by Gasteiger charge is 2.45. The molecule has 0 radical (unpaired) electrons. The van der Waals surface area contributed by atoms with Crippen LogP contribution in [0.1, 0.15) is 44.2 Å². The predicted octanol–water partition coefficient (Wildman–Crippen LogP) is 4.99. The number of thiophene rings is 1. The van der Waals surface area contributed by atoms with Crippen molar-refractivity contribution in [3.05, 3.63) is 99.1 Å². The molecule has 0 fully saturated rings. The second kappa shape index (κ2) is 9.11. The van der Waals surface area contributed by atoms with Crippen molar-refractivity contribution in [3.8, 4) is 5.69 Å². The van der Waals surface area contributed by atoms with E-state index in [0.29, 0.717) is 17.2 Å². The zero-order valence-corrected chi connectivity index (χ0v) is 20.5. The summed E-state index contributed by atoms with van der Waals surface area (Å²) in [7, 11) is 0. The first kappa shape index (κ1) is 23.0. The maximum atomic E-state index is 13.9. The highest BCUT2D eigenvalue weighted by molar-refractivity contribution is 7.13. The van der Waals surface area contributed by atoms with E-state index in [1.807, 2.05) is 57.2 Å². The average Bonchev–Trinajstić information content (AvgIpc) is 3.44. The van der Waals surface area contributed by atoms with Gasteiger partial charge in [-0.15, -0.1) is 11.3 Å². The van der Waals surface area contributed by atoms with Gasteiger partial charge in [-0.05, 0) is 62.7 Å². The van der Waals surface area contributed by atoms with Crippen LogP contribution in [0.5, 0.6) is 0 Å². The van der Waals surface area contributed by atoms with E-state index in [9.17, 15) is 14.0 Å². The number of hydrogen-bond donors (Lipinski definition) is 1. The molecule has 0 unspecified atom stereocenters. The molecule has 6 nitrogen and oxygen atoms in total. The molecule has 0 saturated heterocycles. The Labute approximate surface area is 207 Å². The van der Waals surface area contributed by atoms with E-state index in [4.69, 9.17) is 5.10 Å². The highest BCUT2D eigenvalue weighted by Crippen LogP contribution is 2.43. The standard InChI is InChI=1S/C27H25FN4O2S/c1-4-31-26-22(17(3)30-32(26)20-8-6-5-7-9-20)23(18-11-13-19(28)14-12-18)24(27(31)34)29-25(33)21-15-10-16(2)35-21/h5-15,23-24H,4H2,1-3H3,(H,29,33)/t23-,24+/m0/s1. The van der Waals surface area contributed by atoms with Crippen LogP contribution in [-0.4, -0.2) is 34.2 Å². The van der Waals surface area contributed by atoms with Gasteiger partial charge in [0.2, 0.25) is 0 Å². The largest absolute Gasteiger partial charge is 0.339 e. The number of amides is 2. The molecule has 178 valence electrons. The number of nitrogens with one attached hydrogen (secondary N) is 1. The van der Waals surface area contributed by atoms with Crippen LogP contribution in [0.4, 0.5) is 10.2 Å². The molecule has 5 rings (SSSR count). The summed E-state index contributed by atoms with van der Waals surface area (Å²) in [5, 5.41) is 7.79. The lowest BCUT2D eigenvalue weighted by molar-refractivity contribution is -0.121. The van der Waals surface area contributed by atoms with Crippen LogP contribution in [0.15, 0.2) is 66.7 Å². The smallest absolute Gasteiger partial charge is 0.262 e. The number of carbonyl (C=O) groups is 2. The molecule has 3 heterocycles. The molecule has 2 aromatic carbocycles. The summed E-state index contributed by atoms with van der Waals surface area (Å²) >= 11 is 1.38. The minimum Gasteiger partial charge on any atom is -0.339 e. The molecule has 2 aromatic heterocycles. The number of fused-ring (bicyclic) bond motifs is 1. The summed E-state index contributed by atoms with van der Waals surface area (Å²) in [4.78, 5) is 30.3. The topological polar surface area (TPSA) is 67.2 Å². The van der Waals surface area contributed by atoms with Gasteiger partial charge >= 0.3 is 0 Å². The van der Waals surface area contributed by atoms with E-state index in [-0.39, 0.29) is 17.6 Å². The average molecular weight is 489 g/mol. The number of nitrogens with zero attached hydrogens (tertiary/aromatic N) is 3. The number of rotatable bonds is 5. The third-order valence-corrected chi connectivity index (χ3v) is 7.31. The van der Waals surface area contributed by atoms with Crippen molar-refractivity contribution >= 4 is 29.0 Å². The van der Waals surface area contributed by atoms with Crippen molar-refractivity contribution in [1.82, 2.24) is 15.1 Å². The fourth-order valence-corrected chi connectivity index (χ4v) is 5.50. The first-order chi connectivity index (χ1) is 16.9. The second-order valence-corrected chi connectivity index (χ2v) is 9.83. The number of hydrogen-bond acceptors (Lipinski definition) is 4. The van der Waals surface area contributed by atoms with Crippen LogP contribution >= 0.6 is 11.3 Å². The van der Waals surface area contributed by atoms with Crippen LogP contribution in [0.2, 0.25) is 0 Å². The Hall–Kier alpha value is -3.78. The molecule has 1 aliphatic rings. The number of aromatic nitrogens is 2. The van der Waals surface area contributed by atoms with Crippen molar-refractivity contribution < 1.29 is 14.0 Å². The Morgan fingerprint density at radius 1 is 1.06 bits per heavy atom. The van der Waals surface area contributed by atoms with Gasteiger partial charge < -0.3 is 5.32 Å². The monoisotopic (exact) mass is 488 g/mol. The van der Waals surface area contributed by atoms with Crippen LogP contribution in [0.25, 0.3) is 5.69 Å². The van der Waals surface area contributed by atoms with E-state index in [1.165, 1.54) is 23.5 Å². The fraction of sp³-hybridized carbons (Fsp3) is 0.222.